The van der Waals surface area contributed by atoms with Crippen molar-refractivity contribution < 1.29 is 14.3 Å². The molecule has 104 valence electrons. The van der Waals surface area contributed by atoms with Gasteiger partial charge in [-0.3, -0.25) is 4.90 Å². The maximum atomic E-state index is 13.8. The standard InChI is InChI=1S/C15H20FNO2/c1-15(2)5-7-17(8-6-15)10-12-4-3-11(14(18)19)9-13(12)16/h3-4,9H,5-8,10H2,1-2H3,(H,18,19). The number of carbonyl (C=O) groups is 1. The molecule has 2 rings (SSSR count). The SMILES string of the molecule is CC1(C)CCN(Cc2ccc(C(=O)O)cc2F)CC1. The summed E-state index contributed by atoms with van der Waals surface area (Å²) in [5.41, 5.74) is 0.952. The molecule has 0 spiro atoms. The van der Waals surface area contributed by atoms with E-state index in [1.807, 2.05) is 0 Å². The summed E-state index contributed by atoms with van der Waals surface area (Å²) in [5.74, 6) is -1.52. The summed E-state index contributed by atoms with van der Waals surface area (Å²) in [6.07, 6.45) is 2.23. The molecule has 0 amide bonds. The van der Waals surface area contributed by atoms with E-state index in [0.29, 0.717) is 17.5 Å². The van der Waals surface area contributed by atoms with Gasteiger partial charge in [0.15, 0.2) is 0 Å². The summed E-state index contributed by atoms with van der Waals surface area (Å²) in [6, 6.07) is 4.15. The molecule has 0 aliphatic carbocycles. The third-order valence-electron chi connectivity index (χ3n) is 3.90. The number of piperidine rings is 1. The van der Waals surface area contributed by atoms with Gasteiger partial charge in [0.1, 0.15) is 5.82 Å². The van der Waals surface area contributed by atoms with Crippen LogP contribution in [0.15, 0.2) is 18.2 Å². The fourth-order valence-electron chi connectivity index (χ4n) is 2.37. The van der Waals surface area contributed by atoms with Crippen molar-refractivity contribution in [2.45, 2.75) is 33.2 Å². The van der Waals surface area contributed by atoms with Crippen molar-refractivity contribution in [3.63, 3.8) is 0 Å². The lowest BCUT2D eigenvalue weighted by Gasteiger charge is -2.36. The molecule has 1 heterocycles. The maximum absolute atomic E-state index is 13.8. The van der Waals surface area contributed by atoms with E-state index in [1.54, 1.807) is 6.07 Å². The molecule has 1 aliphatic rings. The van der Waals surface area contributed by atoms with Gasteiger partial charge in [0, 0.05) is 12.1 Å². The lowest BCUT2D eigenvalue weighted by atomic mass is 9.82. The van der Waals surface area contributed by atoms with Gasteiger partial charge in [-0.1, -0.05) is 19.9 Å². The first-order valence-corrected chi connectivity index (χ1v) is 6.61. The first kappa shape index (κ1) is 14.0. The zero-order valence-corrected chi connectivity index (χ0v) is 11.4. The lowest BCUT2D eigenvalue weighted by Crippen LogP contribution is -2.36. The van der Waals surface area contributed by atoms with Crippen LogP contribution in [0.2, 0.25) is 0 Å². The molecule has 1 aromatic rings. The first-order chi connectivity index (χ1) is 8.87. The van der Waals surface area contributed by atoms with Crippen LogP contribution in [0.5, 0.6) is 0 Å². The number of nitrogens with zero attached hydrogens (tertiary/aromatic N) is 1. The van der Waals surface area contributed by atoms with E-state index < -0.39 is 11.8 Å². The zero-order valence-electron chi connectivity index (χ0n) is 11.4. The Kier molecular flexibility index (Phi) is 3.90. The third-order valence-corrected chi connectivity index (χ3v) is 3.90. The van der Waals surface area contributed by atoms with E-state index >= 15 is 0 Å². The number of carboxylic acid groups (broad SMARTS) is 1. The number of hydrogen-bond acceptors (Lipinski definition) is 2. The molecule has 1 aliphatic heterocycles. The van der Waals surface area contributed by atoms with Gasteiger partial charge >= 0.3 is 5.97 Å². The fourth-order valence-corrected chi connectivity index (χ4v) is 2.37. The van der Waals surface area contributed by atoms with Crippen LogP contribution >= 0.6 is 0 Å². The number of hydrogen-bond donors (Lipinski definition) is 1. The van der Waals surface area contributed by atoms with E-state index in [0.717, 1.165) is 32.0 Å². The molecule has 1 fully saturated rings. The van der Waals surface area contributed by atoms with Crippen molar-refractivity contribution in [3.05, 3.63) is 35.1 Å². The Morgan fingerprint density at radius 1 is 1.37 bits per heavy atom. The highest BCUT2D eigenvalue weighted by Crippen LogP contribution is 2.30. The van der Waals surface area contributed by atoms with E-state index in [-0.39, 0.29) is 5.56 Å². The second kappa shape index (κ2) is 5.29. The van der Waals surface area contributed by atoms with Crippen molar-refractivity contribution in [2.24, 2.45) is 5.41 Å². The number of carboxylic acids is 1. The van der Waals surface area contributed by atoms with Gasteiger partial charge in [-0.25, -0.2) is 9.18 Å². The topological polar surface area (TPSA) is 40.5 Å². The summed E-state index contributed by atoms with van der Waals surface area (Å²) in [5, 5.41) is 8.80. The van der Waals surface area contributed by atoms with E-state index in [1.165, 1.54) is 6.07 Å². The third kappa shape index (κ3) is 3.53. The van der Waals surface area contributed by atoms with Crippen molar-refractivity contribution in [3.8, 4) is 0 Å². The minimum atomic E-state index is -1.09. The maximum Gasteiger partial charge on any atom is 0.335 e. The second-order valence-electron chi connectivity index (χ2n) is 6.05. The normalized spacial score (nSPS) is 19.3. The van der Waals surface area contributed by atoms with Crippen LogP contribution in [0.1, 0.15) is 42.6 Å². The molecular formula is C15H20FNO2. The Labute approximate surface area is 113 Å². The minimum absolute atomic E-state index is 0.000951. The highest BCUT2D eigenvalue weighted by molar-refractivity contribution is 5.87. The van der Waals surface area contributed by atoms with Gasteiger partial charge in [0.25, 0.3) is 0 Å². The number of likely N-dealkylation sites (tertiary alicyclic amines) is 1. The highest BCUT2D eigenvalue weighted by Gasteiger charge is 2.25. The monoisotopic (exact) mass is 265 g/mol. The van der Waals surface area contributed by atoms with Crippen molar-refractivity contribution in [1.82, 2.24) is 4.90 Å². The molecule has 19 heavy (non-hydrogen) atoms. The van der Waals surface area contributed by atoms with Crippen molar-refractivity contribution >= 4 is 5.97 Å². The van der Waals surface area contributed by atoms with E-state index in [2.05, 4.69) is 18.7 Å². The average molecular weight is 265 g/mol. The van der Waals surface area contributed by atoms with Crippen molar-refractivity contribution in [2.75, 3.05) is 13.1 Å². The molecule has 1 saturated heterocycles. The number of halogens is 1. The summed E-state index contributed by atoms with van der Waals surface area (Å²) >= 11 is 0. The molecule has 0 saturated carbocycles. The highest BCUT2D eigenvalue weighted by atomic mass is 19.1. The Morgan fingerprint density at radius 2 is 2.00 bits per heavy atom. The number of benzene rings is 1. The number of aromatic carboxylic acids is 1. The summed E-state index contributed by atoms with van der Waals surface area (Å²) < 4.78 is 13.8. The van der Waals surface area contributed by atoms with Crippen LogP contribution in [0, 0.1) is 11.2 Å². The lowest BCUT2D eigenvalue weighted by molar-refractivity contribution is 0.0696. The Hall–Kier alpha value is -1.42. The van der Waals surface area contributed by atoms with Crippen LogP contribution in [-0.4, -0.2) is 29.1 Å². The molecule has 0 radical (unpaired) electrons. The van der Waals surface area contributed by atoms with Gasteiger partial charge in [-0.15, -0.1) is 0 Å². The van der Waals surface area contributed by atoms with Crippen LogP contribution in [0.25, 0.3) is 0 Å². The van der Waals surface area contributed by atoms with Gasteiger partial charge in [0.2, 0.25) is 0 Å². The Morgan fingerprint density at radius 3 is 2.53 bits per heavy atom. The molecule has 0 bridgehead atoms. The Bertz CT molecular complexity index is 475. The van der Waals surface area contributed by atoms with E-state index in [4.69, 9.17) is 5.11 Å². The van der Waals surface area contributed by atoms with E-state index in [9.17, 15) is 9.18 Å². The zero-order chi connectivity index (χ0) is 14.0. The van der Waals surface area contributed by atoms with Crippen LogP contribution < -0.4 is 0 Å². The molecular weight excluding hydrogens is 245 g/mol. The summed E-state index contributed by atoms with van der Waals surface area (Å²) in [4.78, 5) is 13.0. The van der Waals surface area contributed by atoms with Crippen LogP contribution in [0.3, 0.4) is 0 Å². The van der Waals surface area contributed by atoms with Gasteiger partial charge in [-0.05, 0) is 43.5 Å². The fraction of sp³-hybridized carbons (Fsp3) is 0.533. The molecule has 4 heteroatoms. The van der Waals surface area contributed by atoms with Gasteiger partial charge < -0.3 is 5.11 Å². The molecule has 0 unspecified atom stereocenters. The number of rotatable bonds is 3. The summed E-state index contributed by atoms with van der Waals surface area (Å²) in [7, 11) is 0. The van der Waals surface area contributed by atoms with Gasteiger partial charge in [0.05, 0.1) is 5.56 Å². The quantitative estimate of drug-likeness (QED) is 0.912. The Balaban J connectivity index is 2.02. The largest absolute Gasteiger partial charge is 0.478 e. The molecule has 1 aromatic carbocycles. The predicted octanol–water partition coefficient (Wildman–Crippen LogP) is 3.15. The van der Waals surface area contributed by atoms with Crippen LogP contribution in [-0.2, 0) is 6.54 Å². The minimum Gasteiger partial charge on any atom is -0.478 e. The van der Waals surface area contributed by atoms with Gasteiger partial charge in [-0.2, -0.15) is 0 Å². The smallest absolute Gasteiger partial charge is 0.335 e. The second-order valence-corrected chi connectivity index (χ2v) is 6.05. The van der Waals surface area contributed by atoms with Crippen molar-refractivity contribution in [1.29, 1.82) is 0 Å². The molecule has 3 nitrogen and oxygen atoms in total. The summed E-state index contributed by atoms with van der Waals surface area (Å²) in [6.45, 7) is 7.00. The average Bonchev–Trinajstić information content (AvgIpc) is 2.34. The van der Waals surface area contributed by atoms with Crippen LogP contribution in [0.4, 0.5) is 4.39 Å². The molecule has 0 aromatic heterocycles. The molecule has 1 N–H and O–H groups in total. The predicted molar refractivity (Wildman–Crippen MR) is 71.7 cm³/mol. The molecule has 0 atom stereocenters. The first-order valence-electron chi connectivity index (χ1n) is 6.61.